The zero-order valence-electron chi connectivity index (χ0n) is 12.9. The summed E-state index contributed by atoms with van der Waals surface area (Å²) in [5.41, 5.74) is 0. The minimum Gasteiger partial charge on any atom is -0.501 e. The van der Waals surface area contributed by atoms with E-state index >= 15 is 0 Å². The zero-order chi connectivity index (χ0) is 15.0. The van der Waals surface area contributed by atoms with Crippen molar-refractivity contribution in [3.05, 3.63) is 12.1 Å². The molecule has 0 N–H and O–H groups in total. The summed E-state index contributed by atoms with van der Waals surface area (Å²) in [5, 5.41) is 0. The summed E-state index contributed by atoms with van der Waals surface area (Å²) in [7, 11) is 0. The minimum atomic E-state index is -1.88. The molecule has 0 radical (unpaired) electrons. The van der Waals surface area contributed by atoms with Gasteiger partial charge in [-0.25, -0.2) is 0 Å². The Balaban J connectivity index is 2.02. The average Bonchev–Trinajstić information content (AvgIpc) is 2.56. The standard InChI is InChI=1S/C14H27N2O3PS/c1-2-3-8-17-13-14-20(21,15-4-9-18-10-5-15)16-6-11-19-12-7-16/h13-14H,2-12H2,1H3/b14-13+. The molecular formula is C14H27N2O3PS. The molecule has 2 heterocycles. The molecule has 2 saturated heterocycles. The molecule has 2 aliphatic heterocycles. The van der Waals surface area contributed by atoms with E-state index in [4.69, 9.17) is 26.0 Å². The van der Waals surface area contributed by atoms with Crippen LogP contribution < -0.4 is 0 Å². The monoisotopic (exact) mass is 334 g/mol. The van der Waals surface area contributed by atoms with Gasteiger partial charge < -0.3 is 14.2 Å². The van der Waals surface area contributed by atoms with Gasteiger partial charge >= 0.3 is 0 Å². The van der Waals surface area contributed by atoms with Gasteiger partial charge in [0.15, 0.2) is 0 Å². The summed E-state index contributed by atoms with van der Waals surface area (Å²) in [6.07, 6.45) is 2.18. The topological polar surface area (TPSA) is 34.2 Å². The van der Waals surface area contributed by atoms with E-state index in [2.05, 4.69) is 22.1 Å². The molecule has 7 heteroatoms. The molecule has 0 atom stereocenters. The van der Waals surface area contributed by atoms with Gasteiger partial charge in [-0.1, -0.05) is 25.2 Å². The fourth-order valence-corrected chi connectivity index (χ4v) is 6.05. The Morgan fingerprint density at radius 2 is 1.57 bits per heavy atom. The third-order valence-corrected chi connectivity index (χ3v) is 8.43. The maximum Gasteiger partial charge on any atom is 0.103 e. The first-order valence-corrected chi connectivity index (χ1v) is 10.6. The third-order valence-electron chi connectivity index (χ3n) is 3.75. The van der Waals surface area contributed by atoms with Crippen molar-refractivity contribution in [2.45, 2.75) is 19.8 Å². The van der Waals surface area contributed by atoms with Crippen LogP contribution in [0.15, 0.2) is 12.1 Å². The Hall–Kier alpha value is 0.0300. The molecule has 0 bridgehead atoms. The fourth-order valence-electron chi connectivity index (χ4n) is 2.47. The SMILES string of the molecule is CCCCO/C=C/P(=S)(N1CCOCC1)N1CCOCC1. The third kappa shape index (κ3) is 5.02. The minimum absolute atomic E-state index is 0.771. The molecule has 21 heavy (non-hydrogen) atoms. The molecule has 2 aliphatic rings. The highest BCUT2D eigenvalue weighted by molar-refractivity contribution is 8.13. The number of morpholine rings is 2. The van der Waals surface area contributed by atoms with Crippen molar-refractivity contribution >= 4 is 18.1 Å². The molecule has 0 amide bonds. The second kappa shape index (κ2) is 9.23. The van der Waals surface area contributed by atoms with Gasteiger partial charge in [0.25, 0.3) is 0 Å². The van der Waals surface area contributed by atoms with Crippen molar-refractivity contribution in [3.63, 3.8) is 0 Å². The van der Waals surface area contributed by atoms with Crippen LogP contribution in [0.5, 0.6) is 0 Å². The van der Waals surface area contributed by atoms with Gasteiger partial charge in [-0.2, -0.15) is 0 Å². The van der Waals surface area contributed by atoms with Crippen LogP contribution >= 0.6 is 6.34 Å². The van der Waals surface area contributed by atoms with Crippen molar-refractivity contribution in [1.82, 2.24) is 9.34 Å². The van der Waals surface area contributed by atoms with Gasteiger partial charge in [-0.3, -0.25) is 9.34 Å². The Morgan fingerprint density at radius 3 is 2.05 bits per heavy atom. The van der Waals surface area contributed by atoms with Crippen LogP contribution in [0.25, 0.3) is 0 Å². The van der Waals surface area contributed by atoms with E-state index in [0.717, 1.165) is 72.1 Å². The normalized spacial score (nSPS) is 22.7. The maximum atomic E-state index is 6.10. The number of rotatable bonds is 7. The highest BCUT2D eigenvalue weighted by Crippen LogP contribution is 2.55. The second-order valence-corrected chi connectivity index (χ2v) is 9.45. The summed E-state index contributed by atoms with van der Waals surface area (Å²) < 4.78 is 21.4. The molecule has 0 aromatic heterocycles. The van der Waals surface area contributed by atoms with Crippen LogP contribution in [0.1, 0.15) is 19.8 Å². The quantitative estimate of drug-likeness (QED) is 0.404. The highest BCUT2D eigenvalue weighted by atomic mass is 32.4. The van der Waals surface area contributed by atoms with Gasteiger partial charge in [0, 0.05) is 32.0 Å². The Morgan fingerprint density at radius 1 is 1.05 bits per heavy atom. The first-order valence-electron chi connectivity index (χ1n) is 7.83. The summed E-state index contributed by atoms with van der Waals surface area (Å²) >= 11 is 6.10. The number of ether oxygens (including phenoxy) is 3. The molecule has 2 fully saturated rings. The van der Waals surface area contributed by atoms with E-state index < -0.39 is 6.34 Å². The molecule has 0 unspecified atom stereocenters. The number of hydrogen-bond donors (Lipinski definition) is 0. The van der Waals surface area contributed by atoms with E-state index in [1.807, 2.05) is 6.26 Å². The predicted molar refractivity (Wildman–Crippen MR) is 89.1 cm³/mol. The van der Waals surface area contributed by atoms with E-state index in [-0.39, 0.29) is 0 Å². The largest absolute Gasteiger partial charge is 0.501 e. The van der Waals surface area contributed by atoms with Crippen LogP contribution in [0.2, 0.25) is 0 Å². The predicted octanol–water partition coefficient (Wildman–Crippen LogP) is 2.25. The number of nitrogens with zero attached hydrogens (tertiary/aromatic N) is 2. The highest BCUT2D eigenvalue weighted by Gasteiger charge is 2.32. The molecule has 122 valence electrons. The van der Waals surface area contributed by atoms with E-state index in [0.29, 0.717) is 0 Å². The maximum absolute atomic E-state index is 6.10. The van der Waals surface area contributed by atoms with Crippen molar-refractivity contribution in [1.29, 1.82) is 0 Å². The molecular weight excluding hydrogens is 307 g/mol. The first kappa shape index (κ1) is 17.4. The summed E-state index contributed by atoms with van der Waals surface area (Å²) in [5.74, 6) is 2.13. The first-order chi connectivity index (χ1) is 10.3. The molecule has 0 spiro atoms. The van der Waals surface area contributed by atoms with Crippen LogP contribution in [0.3, 0.4) is 0 Å². The molecule has 0 aliphatic carbocycles. The van der Waals surface area contributed by atoms with Gasteiger partial charge in [0.1, 0.15) is 6.34 Å². The van der Waals surface area contributed by atoms with E-state index in [1.54, 1.807) is 0 Å². The van der Waals surface area contributed by atoms with Gasteiger partial charge in [-0.05, 0) is 6.42 Å². The lowest BCUT2D eigenvalue weighted by Gasteiger charge is -2.43. The van der Waals surface area contributed by atoms with Gasteiger partial charge in [0.05, 0.1) is 39.3 Å². The Labute approximate surface area is 133 Å². The Bertz CT molecular complexity index is 347. The lowest BCUT2D eigenvalue weighted by Crippen LogP contribution is -2.42. The van der Waals surface area contributed by atoms with Crippen molar-refractivity contribution in [2.24, 2.45) is 0 Å². The van der Waals surface area contributed by atoms with Gasteiger partial charge in [0.2, 0.25) is 0 Å². The average molecular weight is 334 g/mol. The molecule has 0 aromatic rings. The van der Waals surface area contributed by atoms with Crippen molar-refractivity contribution in [3.8, 4) is 0 Å². The van der Waals surface area contributed by atoms with Gasteiger partial charge in [-0.15, -0.1) is 0 Å². The van der Waals surface area contributed by atoms with E-state index in [1.165, 1.54) is 0 Å². The van der Waals surface area contributed by atoms with Crippen molar-refractivity contribution in [2.75, 3.05) is 59.2 Å². The summed E-state index contributed by atoms with van der Waals surface area (Å²) in [6, 6.07) is 0. The smallest absolute Gasteiger partial charge is 0.103 e. The zero-order valence-corrected chi connectivity index (χ0v) is 14.6. The molecule has 0 saturated carbocycles. The molecule has 0 aromatic carbocycles. The van der Waals surface area contributed by atoms with Crippen molar-refractivity contribution < 1.29 is 14.2 Å². The number of hydrogen-bond acceptors (Lipinski definition) is 4. The van der Waals surface area contributed by atoms with Crippen LogP contribution in [-0.4, -0.2) is 68.6 Å². The lowest BCUT2D eigenvalue weighted by atomic mass is 10.4. The van der Waals surface area contributed by atoms with Crippen LogP contribution in [0, 0.1) is 0 Å². The summed E-state index contributed by atoms with van der Waals surface area (Å²) in [4.78, 5) is 0. The molecule has 5 nitrogen and oxygen atoms in total. The molecule has 2 rings (SSSR count). The van der Waals surface area contributed by atoms with Crippen LogP contribution in [0.4, 0.5) is 0 Å². The summed E-state index contributed by atoms with van der Waals surface area (Å²) in [6.45, 7) is 9.66. The lowest BCUT2D eigenvalue weighted by molar-refractivity contribution is 0.0587. The van der Waals surface area contributed by atoms with Crippen LogP contribution in [-0.2, 0) is 26.0 Å². The Kier molecular flexibility index (Phi) is 7.64. The number of unbranched alkanes of at least 4 members (excludes halogenated alkanes) is 1. The fraction of sp³-hybridized carbons (Fsp3) is 0.857. The van der Waals surface area contributed by atoms with E-state index in [9.17, 15) is 0 Å². The second-order valence-electron chi connectivity index (χ2n) is 5.23.